The summed E-state index contributed by atoms with van der Waals surface area (Å²) in [6, 6.07) is 15.3. The standard InChI is InChI=1S/C21H29N5/c1-17-6-8-18(9-7-17)10-14-24-21(22-2)25-19-11-15-26(16-12-19)20-5-3-4-13-23-20/h3-9,13,19H,10-12,14-16H2,1-2H3,(H2,22,24,25). The molecule has 1 fully saturated rings. The lowest BCUT2D eigenvalue weighted by atomic mass is 10.1. The van der Waals surface area contributed by atoms with Gasteiger partial charge < -0.3 is 15.5 Å². The molecule has 2 aromatic rings. The first-order valence-corrected chi connectivity index (χ1v) is 9.43. The van der Waals surface area contributed by atoms with E-state index in [0.717, 1.165) is 50.7 Å². The molecule has 26 heavy (non-hydrogen) atoms. The maximum atomic E-state index is 4.45. The van der Waals surface area contributed by atoms with Crippen LogP contribution in [0.5, 0.6) is 0 Å². The number of benzene rings is 1. The van der Waals surface area contributed by atoms with Gasteiger partial charge in [-0.2, -0.15) is 0 Å². The van der Waals surface area contributed by atoms with E-state index in [0.29, 0.717) is 6.04 Å². The lowest BCUT2D eigenvalue weighted by Crippen LogP contribution is -2.49. The second kappa shape index (κ2) is 9.22. The average Bonchev–Trinajstić information content (AvgIpc) is 2.70. The van der Waals surface area contributed by atoms with Crippen molar-refractivity contribution in [2.75, 3.05) is 31.6 Å². The molecule has 138 valence electrons. The lowest BCUT2D eigenvalue weighted by molar-refractivity contribution is 0.459. The lowest BCUT2D eigenvalue weighted by Gasteiger charge is -2.33. The molecule has 0 amide bonds. The molecule has 0 spiro atoms. The highest BCUT2D eigenvalue weighted by Crippen LogP contribution is 2.17. The summed E-state index contributed by atoms with van der Waals surface area (Å²) in [6.07, 6.45) is 5.04. The van der Waals surface area contributed by atoms with Crippen LogP contribution in [0.25, 0.3) is 0 Å². The van der Waals surface area contributed by atoms with Gasteiger partial charge in [0, 0.05) is 38.9 Å². The van der Waals surface area contributed by atoms with Crippen LogP contribution in [-0.4, -0.2) is 43.7 Å². The largest absolute Gasteiger partial charge is 0.356 e. The number of hydrogen-bond donors (Lipinski definition) is 2. The fourth-order valence-corrected chi connectivity index (χ4v) is 3.26. The summed E-state index contributed by atoms with van der Waals surface area (Å²) in [7, 11) is 1.84. The molecule has 1 aromatic carbocycles. The monoisotopic (exact) mass is 351 g/mol. The zero-order chi connectivity index (χ0) is 18.2. The number of anilines is 1. The van der Waals surface area contributed by atoms with Gasteiger partial charge in [-0.25, -0.2) is 4.98 Å². The van der Waals surface area contributed by atoms with Gasteiger partial charge in [-0.15, -0.1) is 0 Å². The summed E-state index contributed by atoms with van der Waals surface area (Å²) < 4.78 is 0. The molecule has 0 atom stereocenters. The van der Waals surface area contributed by atoms with Gasteiger partial charge in [0.25, 0.3) is 0 Å². The molecule has 0 radical (unpaired) electrons. The predicted molar refractivity (Wildman–Crippen MR) is 109 cm³/mol. The Labute approximate surface area is 156 Å². The van der Waals surface area contributed by atoms with Crippen LogP contribution in [0.2, 0.25) is 0 Å². The SMILES string of the molecule is CN=C(NCCc1ccc(C)cc1)NC1CCN(c2ccccn2)CC1. The molecule has 0 bridgehead atoms. The van der Waals surface area contributed by atoms with Crippen LogP contribution >= 0.6 is 0 Å². The van der Waals surface area contributed by atoms with Crippen molar-refractivity contribution in [3.05, 3.63) is 59.8 Å². The number of pyridine rings is 1. The number of aryl methyl sites for hydroxylation is 1. The van der Waals surface area contributed by atoms with E-state index in [1.807, 2.05) is 25.4 Å². The molecule has 0 aliphatic carbocycles. The van der Waals surface area contributed by atoms with Gasteiger partial charge in [0.2, 0.25) is 0 Å². The molecule has 0 unspecified atom stereocenters. The van der Waals surface area contributed by atoms with Gasteiger partial charge in [-0.1, -0.05) is 35.9 Å². The van der Waals surface area contributed by atoms with Crippen molar-refractivity contribution in [3.8, 4) is 0 Å². The molecule has 1 aliphatic heterocycles. The quantitative estimate of drug-likeness (QED) is 0.642. The van der Waals surface area contributed by atoms with Crippen molar-refractivity contribution in [3.63, 3.8) is 0 Å². The normalized spacial score (nSPS) is 15.8. The van der Waals surface area contributed by atoms with Crippen molar-refractivity contribution in [1.82, 2.24) is 15.6 Å². The summed E-state index contributed by atoms with van der Waals surface area (Å²) in [5.41, 5.74) is 2.65. The molecule has 1 saturated heterocycles. The van der Waals surface area contributed by atoms with Crippen LogP contribution in [0, 0.1) is 6.92 Å². The van der Waals surface area contributed by atoms with E-state index in [1.54, 1.807) is 0 Å². The first-order valence-electron chi connectivity index (χ1n) is 9.43. The Bertz CT molecular complexity index is 688. The molecule has 0 saturated carbocycles. The molecule has 2 heterocycles. The predicted octanol–water partition coefficient (Wildman–Crippen LogP) is 2.77. The molecule has 5 heteroatoms. The summed E-state index contributed by atoms with van der Waals surface area (Å²) in [5.74, 6) is 1.97. The average molecular weight is 351 g/mol. The second-order valence-corrected chi connectivity index (χ2v) is 6.83. The van der Waals surface area contributed by atoms with Gasteiger partial charge in [0.05, 0.1) is 0 Å². The topological polar surface area (TPSA) is 52.6 Å². The van der Waals surface area contributed by atoms with Crippen LogP contribution in [0.3, 0.4) is 0 Å². The van der Waals surface area contributed by atoms with E-state index in [4.69, 9.17) is 0 Å². The molecule has 3 rings (SSSR count). The van der Waals surface area contributed by atoms with Crippen molar-refractivity contribution >= 4 is 11.8 Å². The maximum Gasteiger partial charge on any atom is 0.191 e. The smallest absolute Gasteiger partial charge is 0.191 e. The van der Waals surface area contributed by atoms with Gasteiger partial charge in [0.1, 0.15) is 5.82 Å². The number of nitrogens with one attached hydrogen (secondary N) is 2. The van der Waals surface area contributed by atoms with E-state index in [2.05, 4.69) is 62.8 Å². The van der Waals surface area contributed by atoms with Crippen molar-refractivity contribution in [1.29, 1.82) is 0 Å². The Morgan fingerprint density at radius 2 is 1.92 bits per heavy atom. The zero-order valence-corrected chi connectivity index (χ0v) is 15.8. The van der Waals surface area contributed by atoms with Crippen LogP contribution in [0.4, 0.5) is 5.82 Å². The maximum absolute atomic E-state index is 4.45. The minimum atomic E-state index is 0.459. The Hall–Kier alpha value is -2.56. The van der Waals surface area contributed by atoms with Crippen molar-refractivity contribution in [2.45, 2.75) is 32.2 Å². The zero-order valence-electron chi connectivity index (χ0n) is 15.8. The van der Waals surface area contributed by atoms with Gasteiger partial charge in [0.15, 0.2) is 5.96 Å². The highest BCUT2D eigenvalue weighted by molar-refractivity contribution is 5.80. The van der Waals surface area contributed by atoms with Crippen LogP contribution in [-0.2, 0) is 6.42 Å². The van der Waals surface area contributed by atoms with E-state index in [-0.39, 0.29) is 0 Å². The van der Waals surface area contributed by atoms with Crippen LogP contribution in [0.1, 0.15) is 24.0 Å². The van der Waals surface area contributed by atoms with E-state index < -0.39 is 0 Å². The highest BCUT2D eigenvalue weighted by atomic mass is 15.2. The van der Waals surface area contributed by atoms with Gasteiger partial charge in [-0.05, 0) is 43.9 Å². The Morgan fingerprint density at radius 1 is 1.15 bits per heavy atom. The molecule has 1 aromatic heterocycles. The Morgan fingerprint density at radius 3 is 2.58 bits per heavy atom. The number of guanidine groups is 1. The Kier molecular flexibility index (Phi) is 6.47. The van der Waals surface area contributed by atoms with Gasteiger partial charge in [-0.3, -0.25) is 4.99 Å². The number of nitrogens with zero attached hydrogens (tertiary/aromatic N) is 3. The van der Waals surface area contributed by atoms with Crippen molar-refractivity contribution in [2.24, 2.45) is 4.99 Å². The minimum Gasteiger partial charge on any atom is -0.356 e. The third kappa shape index (κ3) is 5.22. The first kappa shape index (κ1) is 18.2. The molecule has 2 N–H and O–H groups in total. The summed E-state index contributed by atoms with van der Waals surface area (Å²) >= 11 is 0. The fraction of sp³-hybridized carbons (Fsp3) is 0.429. The third-order valence-corrected chi connectivity index (χ3v) is 4.86. The number of aromatic nitrogens is 1. The molecular weight excluding hydrogens is 322 g/mol. The summed E-state index contributed by atoms with van der Waals surface area (Å²) in [6.45, 7) is 5.05. The minimum absolute atomic E-state index is 0.459. The summed E-state index contributed by atoms with van der Waals surface area (Å²) in [4.78, 5) is 11.2. The van der Waals surface area contributed by atoms with Crippen LogP contribution in [0.15, 0.2) is 53.7 Å². The number of piperidine rings is 1. The third-order valence-electron chi connectivity index (χ3n) is 4.86. The number of rotatable bonds is 5. The van der Waals surface area contributed by atoms with Gasteiger partial charge >= 0.3 is 0 Å². The Balaban J connectivity index is 1.41. The van der Waals surface area contributed by atoms with E-state index in [1.165, 1.54) is 11.1 Å². The summed E-state index contributed by atoms with van der Waals surface area (Å²) in [5, 5.41) is 7.00. The highest BCUT2D eigenvalue weighted by Gasteiger charge is 2.20. The molecule has 1 aliphatic rings. The number of hydrogen-bond acceptors (Lipinski definition) is 3. The number of aliphatic imine (C=N–C) groups is 1. The van der Waals surface area contributed by atoms with E-state index in [9.17, 15) is 0 Å². The molecule has 5 nitrogen and oxygen atoms in total. The second-order valence-electron chi connectivity index (χ2n) is 6.83. The van der Waals surface area contributed by atoms with Crippen molar-refractivity contribution < 1.29 is 0 Å². The fourth-order valence-electron chi connectivity index (χ4n) is 3.26. The molecular formula is C21H29N5. The first-order chi connectivity index (χ1) is 12.7. The van der Waals surface area contributed by atoms with E-state index >= 15 is 0 Å². The van der Waals surface area contributed by atoms with Crippen LogP contribution < -0.4 is 15.5 Å².